The molecule has 0 saturated heterocycles. The molecule has 4 rings (SSSR count). The molecule has 9 nitrogen and oxygen atoms in total. The first-order valence-corrected chi connectivity index (χ1v) is 13.4. The van der Waals surface area contributed by atoms with Gasteiger partial charge in [0.15, 0.2) is 5.49 Å². The van der Waals surface area contributed by atoms with Gasteiger partial charge in [-0.1, -0.05) is 29.8 Å². The first-order chi connectivity index (χ1) is 19.2. The summed E-state index contributed by atoms with van der Waals surface area (Å²) in [5, 5.41) is 0.788. The van der Waals surface area contributed by atoms with Crippen molar-refractivity contribution in [2.45, 2.75) is 46.8 Å². The van der Waals surface area contributed by atoms with Crippen LogP contribution in [-0.4, -0.2) is 45.1 Å². The van der Waals surface area contributed by atoms with Gasteiger partial charge in [0.2, 0.25) is 0 Å². The van der Waals surface area contributed by atoms with Crippen molar-refractivity contribution in [2.75, 3.05) is 13.2 Å². The molecule has 208 valence electrons. The maximum absolute atomic E-state index is 13.6. The fraction of sp³-hybridized carbons (Fsp3) is 0.300. The van der Waals surface area contributed by atoms with Gasteiger partial charge in [-0.25, -0.2) is 9.78 Å². The van der Waals surface area contributed by atoms with Crippen molar-refractivity contribution in [3.63, 3.8) is 0 Å². The van der Waals surface area contributed by atoms with Crippen LogP contribution in [0.15, 0.2) is 64.5 Å². The summed E-state index contributed by atoms with van der Waals surface area (Å²) in [6.07, 6.45) is 5.10. The summed E-state index contributed by atoms with van der Waals surface area (Å²) < 4.78 is 14.1. The molecule has 0 bridgehead atoms. The molecule has 10 heteroatoms. The number of hydrogen-bond donors (Lipinski definition) is 0. The zero-order chi connectivity index (χ0) is 28.8. The number of carbonyl (C=O) groups excluding carboxylic acids is 2. The Balaban J connectivity index is 1.97. The van der Waals surface area contributed by atoms with Crippen LogP contribution < -0.4 is 11.0 Å². The Labute approximate surface area is 236 Å². The maximum Gasteiger partial charge on any atom is 0.341 e. The third kappa shape index (κ3) is 6.55. The van der Waals surface area contributed by atoms with Gasteiger partial charge in [-0.15, -0.1) is 0 Å². The van der Waals surface area contributed by atoms with E-state index in [1.165, 1.54) is 16.5 Å². The van der Waals surface area contributed by atoms with Crippen LogP contribution in [0.5, 0.6) is 0 Å². The van der Waals surface area contributed by atoms with Crippen molar-refractivity contribution in [2.24, 2.45) is 4.99 Å². The van der Waals surface area contributed by atoms with Crippen molar-refractivity contribution < 1.29 is 19.1 Å². The number of amides is 1. The summed E-state index contributed by atoms with van der Waals surface area (Å²) in [4.78, 5) is 48.9. The molecule has 0 atom stereocenters. The maximum atomic E-state index is 13.6. The van der Waals surface area contributed by atoms with Crippen LogP contribution in [0, 0.1) is 6.92 Å². The SMILES string of the molecule is CCOC(=O)c1cc2c(=O)n3cccc(C)c3nc2n(CCCOC(C)C)c1=NC(=O)/C=C/c1ccc(Cl)cc1. The molecule has 0 fully saturated rings. The van der Waals surface area contributed by atoms with Crippen molar-refractivity contribution in [1.82, 2.24) is 14.0 Å². The summed E-state index contributed by atoms with van der Waals surface area (Å²) in [6, 6.07) is 12.0. The van der Waals surface area contributed by atoms with E-state index in [2.05, 4.69) is 4.99 Å². The minimum Gasteiger partial charge on any atom is -0.462 e. The number of ether oxygens (including phenoxy) is 2. The Hall–Kier alpha value is -4.08. The van der Waals surface area contributed by atoms with Gasteiger partial charge < -0.3 is 14.0 Å². The molecule has 0 spiro atoms. The highest BCUT2D eigenvalue weighted by Crippen LogP contribution is 2.15. The first-order valence-electron chi connectivity index (χ1n) is 13.1. The van der Waals surface area contributed by atoms with Crippen LogP contribution >= 0.6 is 11.6 Å². The minimum absolute atomic E-state index is 0.00104. The van der Waals surface area contributed by atoms with Gasteiger partial charge in [0, 0.05) is 30.4 Å². The summed E-state index contributed by atoms with van der Waals surface area (Å²) >= 11 is 5.95. The molecular formula is C30H31ClN4O5. The molecule has 0 N–H and O–H groups in total. The molecular weight excluding hydrogens is 532 g/mol. The van der Waals surface area contributed by atoms with Crippen LogP contribution in [0.4, 0.5) is 0 Å². The fourth-order valence-corrected chi connectivity index (χ4v) is 4.33. The number of fused-ring (bicyclic) bond motifs is 2. The molecule has 0 aliphatic rings. The highest BCUT2D eigenvalue weighted by atomic mass is 35.5. The molecule has 4 aromatic rings. The first kappa shape index (κ1) is 28.9. The van der Waals surface area contributed by atoms with Crippen LogP contribution in [0.3, 0.4) is 0 Å². The summed E-state index contributed by atoms with van der Waals surface area (Å²) in [5.74, 6) is -1.29. The number of carbonyl (C=O) groups is 2. The fourth-order valence-electron chi connectivity index (χ4n) is 4.20. The lowest BCUT2D eigenvalue weighted by Gasteiger charge is -2.16. The van der Waals surface area contributed by atoms with Crippen LogP contribution in [0.2, 0.25) is 5.02 Å². The van der Waals surface area contributed by atoms with Crippen LogP contribution in [0.1, 0.15) is 48.7 Å². The van der Waals surface area contributed by atoms with Crippen molar-refractivity contribution in [3.05, 3.63) is 92.3 Å². The molecule has 0 aliphatic heterocycles. The van der Waals surface area contributed by atoms with Gasteiger partial charge >= 0.3 is 5.97 Å². The number of benzene rings is 1. The van der Waals surface area contributed by atoms with Gasteiger partial charge in [0.1, 0.15) is 16.9 Å². The molecule has 0 aliphatic carbocycles. The smallest absolute Gasteiger partial charge is 0.341 e. The number of aromatic nitrogens is 3. The molecule has 3 heterocycles. The predicted molar refractivity (Wildman–Crippen MR) is 154 cm³/mol. The third-order valence-corrected chi connectivity index (χ3v) is 6.33. The number of hydrogen-bond acceptors (Lipinski definition) is 6. The van der Waals surface area contributed by atoms with Gasteiger partial charge in [-0.3, -0.25) is 14.0 Å². The van der Waals surface area contributed by atoms with E-state index < -0.39 is 11.9 Å². The quantitative estimate of drug-likeness (QED) is 0.126. The number of esters is 1. The highest BCUT2D eigenvalue weighted by molar-refractivity contribution is 6.30. The van der Waals surface area contributed by atoms with E-state index in [-0.39, 0.29) is 41.3 Å². The summed E-state index contributed by atoms with van der Waals surface area (Å²) in [6.45, 7) is 8.24. The Bertz CT molecular complexity index is 1720. The van der Waals surface area contributed by atoms with Crippen LogP contribution in [-0.2, 0) is 20.8 Å². The average Bonchev–Trinajstić information content (AvgIpc) is 2.92. The van der Waals surface area contributed by atoms with E-state index in [1.54, 1.807) is 54.1 Å². The Morgan fingerprint density at radius 2 is 1.90 bits per heavy atom. The van der Waals surface area contributed by atoms with E-state index in [4.69, 9.17) is 26.1 Å². The topological polar surface area (TPSA) is 104 Å². The Morgan fingerprint density at radius 3 is 2.60 bits per heavy atom. The minimum atomic E-state index is -0.696. The molecule has 1 amide bonds. The Morgan fingerprint density at radius 1 is 1.15 bits per heavy atom. The highest BCUT2D eigenvalue weighted by Gasteiger charge is 2.20. The number of pyridine rings is 2. The second-order valence-corrected chi connectivity index (χ2v) is 9.84. The number of aryl methyl sites for hydroxylation is 2. The Kier molecular flexibility index (Phi) is 9.29. The normalized spacial score (nSPS) is 12.2. The summed E-state index contributed by atoms with van der Waals surface area (Å²) in [7, 11) is 0. The van der Waals surface area contributed by atoms with Gasteiger partial charge in [0.05, 0.1) is 18.1 Å². The monoisotopic (exact) mass is 562 g/mol. The van der Waals surface area contributed by atoms with Gasteiger partial charge in [-0.05, 0) is 75.6 Å². The third-order valence-electron chi connectivity index (χ3n) is 6.08. The lowest BCUT2D eigenvalue weighted by molar-refractivity contribution is -0.113. The zero-order valence-corrected chi connectivity index (χ0v) is 23.6. The molecule has 0 saturated carbocycles. The standard InChI is InChI=1S/C30H31ClN4O5/c1-5-39-30(38)24-18-23-27(33-26-20(4)8-6-15-35(26)29(23)37)34(16-7-17-40-19(2)3)28(24)32-25(36)14-11-21-9-12-22(31)13-10-21/h6,8-15,18-19H,5,7,16-17H2,1-4H3/b14-11+,32-28?. The molecule has 1 aromatic carbocycles. The second kappa shape index (κ2) is 12.8. The molecule has 0 radical (unpaired) electrons. The van der Waals surface area contributed by atoms with E-state index in [0.717, 1.165) is 11.1 Å². The van der Waals surface area contributed by atoms with Crippen LogP contribution in [0.25, 0.3) is 22.8 Å². The number of rotatable bonds is 9. The number of halogens is 1. The van der Waals surface area contributed by atoms with Crippen molar-refractivity contribution >= 4 is 46.2 Å². The lowest BCUT2D eigenvalue weighted by Crippen LogP contribution is -2.33. The largest absolute Gasteiger partial charge is 0.462 e. The van der Waals surface area contributed by atoms with E-state index in [0.29, 0.717) is 29.3 Å². The van der Waals surface area contributed by atoms with E-state index >= 15 is 0 Å². The van der Waals surface area contributed by atoms with E-state index in [9.17, 15) is 14.4 Å². The predicted octanol–water partition coefficient (Wildman–Crippen LogP) is 4.74. The van der Waals surface area contributed by atoms with E-state index in [1.807, 2.05) is 26.8 Å². The summed E-state index contributed by atoms with van der Waals surface area (Å²) in [5.41, 5.74) is 2.05. The number of nitrogens with zero attached hydrogens (tertiary/aromatic N) is 4. The average molecular weight is 563 g/mol. The van der Waals surface area contributed by atoms with Crippen molar-refractivity contribution in [3.8, 4) is 0 Å². The lowest BCUT2D eigenvalue weighted by atomic mass is 10.2. The zero-order valence-electron chi connectivity index (χ0n) is 22.9. The molecule has 3 aromatic heterocycles. The van der Waals surface area contributed by atoms with Crippen molar-refractivity contribution in [1.29, 1.82) is 0 Å². The van der Waals surface area contributed by atoms with Gasteiger partial charge in [-0.2, -0.15) is 4.99 Å². The molecule has 40 heavy (non-hydrogen) atoms. The molecule has 0 unspecified atom stereocenters. The van der Waals surface area contributed by atoms with Gasteiger partial charge in [0.25, 0.3) is 11.5 Å². The second-order valence-electron chi connectivity index (χ2n) is 9.40.